The Kier molecular flexibility index (Phi) is 3.79. The Morgan fingerprint density at radius 2 is 1.92 bits per heavy atom. The van der Waals surface area contributed by atoms with Crippen LogP contribution in [0.5, 0.6) is 0 Å². The number of esters is 1. The third-order valence-electron chi connectivity index (χ3n) is 3.83. The Labute approximate surface area is 135 Å². The predicted octanol–water partition coefficient (Wildman–Crippen LogP) is 4.34. The monoisotopic (exact) mass is 334 g/mol. The number of aryl methyl sites for hydroxylation is 1. The number of carbonyl (C=O) groups is 1. The lowest BCUT2D eigenvalue weighted by molar-refractivity contribution is -0.137. The highest BCUT2D eigenvalue weighted by atomic mass is 19.4. The molecule has 4 nitrogen and oxygen atoms in total. The molecule has 24 heavy (non-hydrogen) atoms. The van der Waals surface area contributed by atoms with Crippen LogP contribution in [0.15, 0.2) is 36.5 Å². The minimum absolute atomic E-state index is 0.271. The van der Waals surface area contributed by atoms with Gasteiger partial charge >= 0.3 is 12.1 Å². The van der Waals surface area contributed by atoms with Crippen LogP contribution in [0.4, 0.5) is 13.2 Å². The van der Waals surface area contributed by atoms with Crippen LogP contribution >= 0.6 is 0 Å². The lowest BCUT2D eigenvalue weighted by Gasteiger charge is -2.13. The van der Waals surface area contributed by atoms with Crippen LogP contribution < -0.4 is 0 Å². The number of alkyl halides is 3. The van der Waals surface area contributed by atoms with Gasteiger partial charge in [0.2, 0.25) is 0 Å². The van der Waals surface area contributed by atoms with E-state index in [1.165, 1.54) is 19.4 Å². The summed E-state index contributed by atoms with van der Waals surface area (Å²) in [4.78, 5) is 11.7. The number of halogens is 3. The van der Waals surface area contributed by atoms with E-state index >= 15 is 0 Å². The van der Waals surface area contributed by atoms with Gasteiger partial charge in [0.15, 0.2) is 0 Å². The molecule has 0 amide bonds. The smallest absolute Gasteiger partial charge is 0.416 e. The number of carbonyl (C=O) groups excluding carboxylic acids is 1. The highest BCUT2D eigenvalue weighted by Crippen LogP contribution is 2.37. The molecule has 0 unspecified atom stereocenters. The molecule has 7 heteroatoms. The largest absolute Gasteiger partial charge is 0.465 e. The normalized spacial score (nSPS) is 11.7. The van der Waals surface area contributed by atoms with Gasteiger partial charge < -0.3 is 4.74 Å². The number of rotatable bonds is 2. The molecule has 2 aromatic carbocycles. The lowest BCUT2D eigenvalue weighted by Crippen LogP contribution is -2.06. The average molecular weight is 334 g/mol. The van der Waals surface area contributed by atoms with Crippen molar-refractivity contribution in [2.24, 2.45) is 0 Å². The molecule has 0 saturated carbocycles. The summed E-state index contributed by atoms with van der Waals surface area (Å²) in [6.07, 6.45) is -3.02. The molecule has 1 N–H and O–H groups in total. The minimum Gasteiger partial charge on any atom is -0.465 e. The molecule has 0 spiro atoms. The number of benzene rings is 2. The SMILES string of the molecule is COC(=O)c1ccc(C)c(-c2cc(C(F)(F)F)cc3[nH]ncc23)c1. The zero-order valence-corrected chi connectivity index (χ0v) is 12.9. The fourth-order valence-corrected chi connectivity index (χ4v) is 2.59. The van der Waals surface area contributed by atoms with Crippen molar-refractivity contribution < 1.29 is 22.7 Å². The van der Waals surface area contributed by atoms with E-state index in [2.05, 4.69) is 14.9 Å². The van der Waals surface area contributed by atoms with Crippen LogP contribution in [0.1, 0.15) is 21.5 Å². The highest BCUT2D eigenvalue weighted by Gasteiger charge is 2.32. The Bertz CT molecular complexity index is 929. The second-order valence-electron chi connectivity index (χ2n) is 5.37. The molecule has 0 saturated heterocycles. The predicted molar refractivity (Wildman–Crippen MR) is 82.6 cm³/mol. The van der Waals surface area contributed by atoms with Gasteiger partial charge in [-0.25, -0.2) is 4.79 Å². The Morgan fingerprint density at radius 3 is 2.58 bits per heavy atom. The summed E-state index contributed by atoms with van der Waals surface area (Å²) in [6, 6.07) is 6.87. The zero-order valence-electron chi connectivity index (χ0n) is 12.9. The third-order valence-corrected chi connectivity index (χ3v) is 3.83. The quantitative estimate of drug-likeness (QED) is 0.709. The maximum atomic E-state index is 13.2. The summed E-state index contributed by atoms with van der Waals surface area (Å²) in [5.74, 6) is -0.549. The summed E-state index contributed by atoms with van der Waals surface area (Å²) in [5.41, 5.74) is 1.39. The standard InChI is InChI=1S/C17H13F3N2O2/c1-9-3-4-10(16(23)24-2)5-12(9)13-6-11(17(18,19)20)7-15-14(13)8-21-22-15/h3-8H,1-2H3,(H,21,22). The first-order chi connectivity index (χ1) is 11.3. The van der Waals surface area contributed by atoms with Gasteiger partial charge in [-0.1, -0.05) is 6.07 Å². The molecule has 1 aromatic heterocycles. The third kappa shape index (κ3) is 2.73. The van der Waals surface area contributed by atoms with Crippen molar-refractivity contribution in [2.45, 2.75) is 13.1 Å². The number of nitrogens with zero attached hydrogens (tertiary/aromatic N) is 1. The molecule has 0 atom stereocenters. The van der Waals surface area contributed by atoms with E-state index < -0.39 is 17.7 Å². The summed E-state index contributed by atoms with van der Waals surface area (Å²) in [7, 11) is 1.25. The number of aromatic amines is 1. The van der Waals surface area contributed by atoms with Gasteiger partial charge in [-0.3, -0.25) is 5.10 Å². The van der Waals surface area contributed by atoms with Gasteiger partial charge in [0.05, 0.1) is 30.0 Å². The van der Waals surface area contributed by atoms with E-state index in [1.54, 1.807) is 19.1 Å². The van der Waals surface area contributed by atoms with Crippen molar-refractivity contribution in [2.75, 3.05) is 7.11 Å². The first kappa shape index (κ1) is 16.0. The zero-order chi connectivity index (χ0) is 17.5. The maximum Gasteiger partial charge on any atom is 0.416 e. The molecule has 0 aliphatic carbocycles. The van der Waals surface area contributed by atoms with Crippen molar-refractivity contribution in [1.29, 1.82) is 0 Å². The topological polar surface area (TPSA) is 55.0 Å². The first-order valence-corrected chi connectivity index (χ1v) is 7.05. The Hall–Kier alpha value is -2.83. The Morgan fingerprint density at radius 1 is 1.17 bits per heavy atom. The van der Waals surface area contributed by atoms with E-state index in [0.29, 0.717) is 16.5 Å². The number of hydrogen-bond acceptors (Lipinski definition) is 3. The lowest BCUT2D eigenvalue weighted by atomic mass is 9.94. The molecule has 0 radical (unpaired) electrons. The van der Waals surface area contributed by atoms with Crippen LogP contribution in [-0.4, -0.2) is 23.3 Å². The Balaban J connectivity index is 2.29. The molecule has 3 aromatic rings. The molecular formula is C17H13F3N2O2. The number of nitrogens with one attached hydrogen (secondary N) is 1. The molecule has 0 bridgehead atoms. The number of fused-ring (bicyclic) bond motifs is 1. The molecule has 0 fully saturated rings. The van der Waals surface area contributed by atoms with Crippen molar-refractivity contribution in [3.63, 3.8) is 0 Å². The fraction of sp³-hybridized carbons (Fsp3) is 0.176. The van der Waals surface area contributed by atoms with Crippen molar-refractivity contribution in [3.05, 3.63) is 53.2 Å². The molecule has 0 aliphatic heterocycles. The second kappa shape index (κ2) is 5.67. The van der Waals surface area contributed by atoms with Gasteiger partial charge in [-0.15, -0.1) is 0 Å². The van der Waals surface area contributed by atoms with Gasteiger partial charge in [0, 0.05) is 5.39 Å². The van der Waals surface area contributed by atoms with E-state index in [9.17, 15) is 18.0 Å². The van der Waals surface area contributed by atoms with Gasteiger partial charge in [0.25, 0.3) is 0 Å². The van der Waals surface area contributed by atoms with Gasteiger partial charge in [0.1, 0.15) is 0 Å². The number of methoxy groups -OCH3 is 1. The summed E-state index contributed by atoms with van der Waals surface area (Å²) in [6.45, 7) is 1.77. The average Bonchev–Trinajstić information content (AvgIpc) is 3.01. The molecule has 3 rings (SSSR count). The summed E-state index contributed by atoms with van der Waals surface area (Å²) in [5, 5.41) is 6.95. The number of H-pyrrole nitrogens is 1. The van der Waals surface area contributed by atoms with Crippen LogP contribution in [-0.2, 0) is 10.9 Å². The van der Waals surface area contributed by atoms with E-state index in [4.69, 9.17) is 0 Å². The van der Waals surface area contributed by atoms with Crippen LogP contribution in [0.3, 0.4) is 0 Å². The highest BCUT2D eigenvalue weighted by molar-refractivity contribution is 5.98. The molecule has 0 aliphatic rings. The number of ether oxygens (including phenoxy) is 1. The van der Waals surface area contributed by atoms with Gasteiger partial charge in [-0.2, -0.15) is 18.3 Å². The first-order valence-electron chi connectivity index (χ1n) is 7.05. The maximum absolute atomic E-state index is 13.2. The molecule has 124 valence electrons. The van der Waals surface area contributed by atoms with Crippen molar-refractivity contribution in [1.82, 2.24) is 10.2 Å². The van der Waals surface area contributed by atoms with Crippen molar-refractivity contribution >= 4 is 16.9 Å². The van der Waals surface area contributed by atoms with Crippen molar-refractivity contribution in [3.8, 4) is 11.1 Å². The second-order valence-corrected chi connectivity index (χ2v) is 5.37. The van der Waals surface area contributed by atoms with E-state index in [1.807, 2.05) is 0 Å². The number of aromatic nitrogens is 2. The van der Waals surface area contributed by atoms with E-state index in [0.717, 1.165) is 17.7 Å². The van der Waals surface area contributed by atoms with Crippen LogP contribution in [0.25, 0.3) is 22.0 Å². The summed E-state index contributed by atoms with van der Waals surface area (Å²) < 4.78 is 44.2. The summed E-state index contributed by atoms with van der Waals surface area (Å²) >= 11 is 0. The van der Waals surface area contributed by atoms with Crippen LogP contribution in [0, 0.1) is 6.92 Å². The van der Waals surface area contributed by atoms with Crippen LogP contribution in [0.2, 0.25) is 0 Å². The van der Waals surface area contributed by atoms with E-state index in [-0.39, 0.29) is 11.1 Å². The fourth-order valence-electron chi connectivity index (χ4n) is 2.59. The molecule has 1 heterocycles. The number of hydrogen-bond donors (Lipinski definition) is 1. The van der Waals surface area contributed by atoms with Gasteiger partial charge in [-0.05, 0) is 47.9 Å². The minimum atomic E-state index is -4.48. The molecular weight excluding hydrogens is 321 g/mol.